The lowest BCUT2D eigenvalue weighted by molar-refractivity contribution is -0.120. The van der Waals surface area contributed by atoms with Crippen LogP contribution in [0.15, 0.2) is 58.4 Å². The second-order valence-electron chi connectivity index (χ2n) is 7.01. The maximum atomic E-state index is 12.7. The van der Waals surface area contributed by atoms with Gasteiger partial charge in [-0.15, -0.1) is 0 Å². The number of carbonyl (C=O) groups is 1. The van der Waals surface area contributed by atoms with Crippen LogP contribution in [0.1, 0.15) is 18.1 Å². The lowest BCUT2D eigenvalue weighted by Gasteiger charge is -2.14. The molecular weight excluding hydrogens is 450 g/mol. The van der Waals surface area contributed by atoms with Crippen molar-refractivity contribution in [1.82, 2.24) is 15.1 Å². The Hall–Kier alpha value is -2.97. The molecule has 3 rings (SSSR count). The first kappa shape index (κ1) is 23.7. The number of carbonyl (C=O) groups excluding carboxylic acids is 1. The largest absolute Gasteiger partial charge is 0.497 e. The zero-order chi connectivity index (χ0) is 23.3. The van der Waals surface area contributed by atoms with Crippen LogP contribution in [0.4, 0.5) is 0 Å². The average Bonchev–Trinajstić information content (AvgIpc) is 2.80. The van der Waals surface area contributed by atoms with Crippen LogP contribution in [-0.2, 0) is 11.3 Å². The molecule has 0 fully saturated rings. The van der Waals surface area contributed by atoms with E-state index < -0.39 is 5.25 Å². The van der Waals surface area contributed by atoms with E-state index in [4.69, 9.17) is 21.1 Å². The molecular formula is C23H24ClN3O4S. The van der Waals surface area contributed by atoms with Gasteiger partial charge in [-0.25, -0.2) is 0 Å². The van der Waals surface area contributed by atoms with Gasteiger partial charge in [-0.1, -0.05) is 29.4 Å². The van der Waals surface area contributed by atoms with Crippen molar-refractivity contribution in [2.75, 3.05) is 14.2 Å². The van der Waals surface area contributed by atoms with Gasteiger partial charge in [0.15, 0.2) is 0 Å². The fraction of sp³-hybridized carbons (Fsp3) is 0.261. The summed E-state index contributed by atoms with van der Waals surface area (Å²) in [5.41, 5.74) is 2.00. The molecule has 1 heterocycles. The Balaban J connectivity index is 1.70. The summed E-state index contributed by atoms with van der Waals surface area (Å²) < 4.78 is 11.9. The molecule has 1 N–H and O–H groups in total. The van der Waals surface area contributed by atoms with Crippen molar-refractivity contribution in [3.05, 3.63) is 75.0 Å². The average molecular weight is 474 g/mol. The molecule has 1 unspecified atom stereocenters. The molecule has 0 saturated carbocycles. The van der Waals surface area contributed by atoms with Crippen LogP contribution in [0.2, 0.25) is 5.02 Å². The van der Waals surface area contributed by atoms with Gasteiger partial charge >= 0.3 is 0 Å². The van der Waals surface area contributed by atoms with Gasteiger partial charge in [0.1, 0.15) is 16.5 Å². The van der Waals surface area contributed by atoms with E-state index in [0.29, 0.717) is 33.8 Å². The molecule has 32 heavy (non-hydrogen) atoms. The number of aryl methyl sites for hydroxylation is 1. The van der Waals surface area contributed by atoms with Gasteiger partial charge in [0.2, 0.25) is 5.91 Å². The first-order valence-electron chi connectivity index (χ1n) is 9.84. The first-order valence-corrected chi connectivity index (χ1v) is 11.1. The minimum absolute atomic E-state index is 0.169. The van der Waals surface area contributed by atoms with E-state index >= 15 is 0 Å². The van der Waals surface area contributed by atoms with E-state index in [1.54, 1.807) is 51.5 Å². The van der Waals surface area contributed by atoms with Crippen LogP contribution >= 0.6 is 23.4 Å². The van der Waals surface area contributed by atoms with Crippen LogP contribution in [0.3, 0.4) is 0 Å². The number of benzene rings is 2. The molecule has 1 aromatic heterocycles. The van der Waals surface area contributed by atoms with Crippen LogP contribution in [-0.4, -0.2) is 35.2 Å². The highest BCUT2D eigenvalue weighted by Crippen LogP contribution is 2.25. The molecule has 7 nitrogen and oxygen atoms in total. The highest BCUT2D eigenvalue weighted by atomic mass is 35.5. The Bertz CT molecular complexity index is 1180. The van der Waals surface area contributed by atoms with Gasteiger partial charge in [0.25, 0.3) is 5.56 Å². The highest BCUT2D eigenvalue weighted by Gasteiger charge is 2.17. The van der Waals surface area contributed by atoms with Gasteiger partial charge in [-0.3, -0.25) is 9.59 Å². The van der Waals surface area contributed by atoms with E-state index in [0.717, 1.165) is 11.1 Å². The molecule has 1 atom stereocenters. The number of ether oxygens (including phenoxy) is 2. The summed E-state index contributed by atoms with van der Waals surface area (Å²) in [6, 6.07) is 13.7. The summed E-state index contributed by atoms with van der Waals surface area (Å²) in [5, 5.41) is 7.96. The normalized spacial score (nSPS) is 11.7. The molecule has 0 radical (unpaired) electrons. The van der Waals surface area contributed by atoms with Crippen molar-refractivity contribution in [2.45, 2.75) is 30.7 Å². The van der Waals surface area contributed by atoms with Crippen LogP contribution in [0.5, 0.6) is 11.5 Å². The topological polar surface area (TPSA) is 82.5 Å². The molecule has 0 aliphatic carbocycles. The van der Waals surface area contributed by atoms with Gasteiger partial charge < -0.3 is 14.8 Å². The van der Waals surface area contributed by atoms with Gasteiger partial charge in [0, 0.05) is 23.2 Å². The van der Waals surface area contributed by atoms with Crippen molar-refractivity contribution >= 4 is 29.3 Å². The number of amides is 1. The van der Waals surface area contributed by atoms with Crippen LogP contribution in [0, 0.1) is 6.92 Å². The van der Waals surface area contributed by atoms with Crippen LogP contribution < -0.4 is 20.3 Å². The predicted molar refractivity (Wildman–Crippen MR) is 126 cm³/mol. The van der Waals surface area contributed by atoms with Crippen molar-refractivity contribution in [3.63, 3.8) is 0 Å². The van der Waals surface area contributed by atoms with E-state index in [1.807, 2.05) is 19.1 Å². The fourth-order valence-corrected chi connectivity index (χ4v) is 3.94. The van der Waals surface area contributed by atoms with Crippen molar-refractivity contribution in [3.8, 4) is 17.2 Å². The minimum Gasteiger partial charge on any atom is -0.497 e. The summed E-state index contributed by atoms with van der Waals surface area (Å²) in [4.78, 5) is 25.0. The molecule has 0 aliphatic heterocycles. The van der Waals surface area contributed by atoms with E-state index in [1.165, 1.54) is 22.5 Å². The van der Waals surface area contributed by atoms with Crippen molar-refractivity contribution in [2.24, 2.45) is 0 Å². The van der Waals surface area contributed by atoms with Gasteiger partial charge in [0.05, 0.1) is 25.2 Å². The number of halogens is 1. The zero-order valence-electron chi connectivity index (χ0n) is 18.2. The number of hydrogen-bond donors (Lipinski definition) is 1. The molecule has 0 aliphatic rings. The molecule has 0 spiro atoms. The third-order valence-corrected chi connectivity index (χ3v) is 6.22. The van der Waals surface area contributed by atoms with E-state index in [-0.39, 0.29) is 11.5 Å². The Kier molecular flexibility index (Phi) is 7.82. The monoisotopic (exact) mass is 473 g/mol. The minimum atomic E-state index is -0.438. The number of nitrogens with zero attached hydrogens (tertiary/aromatic N) is 2. The molecule has 2 aromatic carbocycles. The SMILES string of the molecule is COc1ccc(OC)c(CNC(=O)C(C)Sc2ccc(=O)n(-c3ccc(C)c(Cl)c3)n2)c1. The maximum Gasteiger partial charge on any atom is 0.271 e. The van der Waals surface area contributed by atoms with E-state index in [9.17, 15) is 9.59 Å². The van der Waals surface area contributed by atoms with Gasteiger partial charge in [-0.2, -0.15) is 9.78 Å². The number of rotatable bonds is 8. The summed E-state index contributed by atoms with van der Waals surface area (Å²) in [7, 11) is 3.16. The molecule has 9 heteroatoms. The fourth-order valence-electron chi connectivity index (χ4n) is 2.94. The summed E-state index contributed by atoms with van der Waals surface area (Å²) >= 11 is 7.45. The number of hydrogen-bond acceptors (Lipinski definition) is 6. The smallest absolute Gasteiger partial charge is 0.271 e. The molecule has 168 valence electrons. The quantitative estimate of drug-likeness (QED) is 0.498. The third-order valence-electron chi connectivity index (χ3n) is 4.78. The van der Waals surface area contributed by atoms with Crippen LogP contribution in [0.25, 0.3) is 5.69 Å². The second-order valence-corrected chi connectivity index (χ2v) is 8.78. The molecule has 3 aromatic rings. The molecule has 1 amide bonds. The van der Waals surface area contributed by atoms with Crippen molar-refractivity contribution < 1.29 is 14.3 Å². The Morgan fingerprint density at radius 3 is 2.62 bits per heavy atom. The molecule has 0 bridgehead atoms. The highest BCUT2D eigenvalue weighted by molar-refractivity contribution is 8.00. The number of aromatic nitrogens is 2. The second kappa shape index (κ2) is 10.6. The predicted octanol–water partition coefficient (Wildman–Crippen LogP) is 4.01. The summed E-state index contributed by atoms with van der Waals surface area (Å²) in [6.45, 7) is 3.96. The lowest BCUT2D eigenvalue weighted by atomic mass is 10.2. The third kappa shape index (κ3) is 5.63. The Morgan fingerprint density at radius 1 is 1.16 bits per heavy atom. The maximum absolute atomic E-state index is 12.7. The summed E-state index contributed by atoms with van der Waals surface area (Å²) in [5.74, 6) is 1.18. The Labute approximate surface area is 195 Å². The molecule has 0 saturated heterocycles. The summed E-state index contributed by atoms with van der Waals surface area (Å²) in [6.07, 6.45) is 0. The zero-order valence-corrected chi connectivity index (χ0v) is 19.8. The van der Waals surface area contributed by atoms with Gasteiger partial charge in [-0.05, 0) is 55.8 Å². The lowest BCUT2D eigenvalue weighted by Crippen LogP contribution is -2.31. The Morgan fingerprint density at radius 2 is 1.94 bits per heavy atom. The standard InChI is InChI=1S/C23H24ClN3O4S/c1-14-5-6-17(12-19(14)24)27-22(28)10-9-21(26-27)32-15(2)23(29)25-13-16-11-18(30-3)7-8-20(16)31-4/h5-12,15H,13H2,1-4H3,(H,25,29). The number of nitrogens with one attached hydrogen (secondary N) is 1. The number of thioether (sulfide) groups is 1. The first-order chi connectivity index (χ1) is 15.3. The van der Waals surface area contributed by atoms with Crippen molar-refractivity contribution in [1.29, 1.82) is 0 Å². The van der Waals surface area contributed by atoms with E-state index in [2.05, 4.69) is 10.4 Å². The number of methoxy groups -OCH3 is 2.